The molecule has 2 aliphatic carbocycles. The van der Waals surface area contributed by atoms with Crippen molar-refractivity contribution in [3.8, 4) is 23.1 Å². The number of rotatable bonds is 10. The Morgan fingerprint density at radius 1 is 1.20 bits per heavy atom. The molecule has 1 saturated heterocycles. The van der Waals surface area contributed by atoms with Gasteiger partial charge >= 0.3 is 6.09 Å². The molecular weight excluding hydrogens is 526 g/mol. The number of aromatic nitrogens is 1. The summed E-state index contributed by atoms with van der Waals surface area (Å²) in [4.78, 5) is 12.3. The van der Waals surface area contributed by atoms with Crippen molar-refractivity contribution in [1.82, 2.24) is 4.57 Å². The molecule has 1 aromatic heterocycles. The summed E-state index contributed by atoms with van der Waals surface area (Å²) >= 11 is -0.967. The first-order chi connectivity index (χ1) is 19.5. The van der Waals surface area contributed by atoms with Gasteiger partial charge in [-0.2, -0.15) is 5.26 Å². The largest absolute Gasteiger partial charge is 0.616 e. The summed E-state index contributed by atoms with van der Waals surface area (Å²) in [7, 11) is 0. The number of anilines is 1. The standard InChI is InChI=1S/C31H35N3O5S/c1-20(21-5-6-21)39-31(35)33-23-9-7-22(8-10-23)30-28(18-32)27-12-11-25(17-29(27)34(30)24-3-2-4-24)38-15-16-40(36)26-13-14-37-19-26/h7-12,17,20-21,24,26H,2-6,13-16,19H2,1H3,(H,33,35). The van der Waals surface area contributed by atoms with E-state index in [1.165, 1.54) is 0 Å². The van der Waals surface area contributed by atoms with Crippen molar-refractivity contribution in [1.29, 1.82) is 5.26 Å². The number of nitrogens with one attached hydrogen (secondary N) is 1. The Morgan fingerprint density at radius 3 is 2.65 bits per heavy atom. The second kappa shape index (κ2) is 11.7. The van der Waals surface area contributed by atoms with Gasteiger partial charge in [0.1, 0.15) is 35.5 Å². The summed E-state index contributed by atoms with van der Waals surface area (Å²) in [6.45, 7) is 3.55. The normalized spacial score (nSPS) is 20.5. The smallest absolute Gasteiger partial charge is 0.411 e. The minimum absolute atomic E-state index is 0.0754. The first-order valence-electron chi connectivity index (χ1n) is 14.3. The lowest BCUT2D eigenvalue weighted by molar-refractivity contribution is 0.108. The third-order valence-corrected chi connectivity index (χ3v) is 10.0. The number of benzene rings is 2. The molecule has 2 aromatic carbocycles. The maximum absolute atomic E-state index is 12.5. The van der Waals surface area contributed by atoms with E-state index in [0.717, 1.165) is 60.7 Å². The maximum Gasteiger partial charge on any atom is 0.411 e. The molecule has 6 rings (SSSR count). The minimum atomic E-state index is -0.967. The van der Waals surface area contributed by atoms with E-state index in [9.17, 15) is 14.6 Å². The van der Waals surface area contributed by atoms with Crippen LogP contribution in [0.4, 0.5) is 10.5 Å². The van der Waals surface area contributed by atoms with Crippen LogP contribution in [0.3, 0.4) is 0 Å². The lowest BCUT2D eigenvalue weighted by Crippen LogP contribution is -2.27. The molecule has 210 valence electrons. The van der Waals surface area contributed by atoms with E-state index < -0.39 is 17.3 Å². The lowest BCUT2D eigenvalue weighted by atomic mass is 9.92. The molecule has 3 atom stereocenters. The molecule has 3 fully saturated rings. The van der Waals surface area contributed by atoms with Crippen LogP contribution in [0.25, 0.3) is 22.2 Å². The van der Waals surface area contributed by atoms with Crippen LogP contribution in [0.1, 0.15) is 57.1 Å². The lowest BCUT2D eigenvalue weighted by Gasteiger charge is -2.30. The topological polar surface area (TPSA) is 109 Å². The van der Waals surface area contributed by atoms with Gasteiger partial charge < -0.3 is 23.3 Å². The van der Waals surface area contributed by atoms with E-state index in [-0.39, 0.29) is 11.4 Å². The predicted molar refractivity (Wildman–Crippen MR) is 155 cm³/mol. The molecule has 1 aliphatic heterocycles. The maximum atomic E-state index is 12.5. The third kappa shape index (κ3) is 5.67. The van der Waals surface area contributed by atoms with Crippen LogP contribution in [0.15, 0.2) is 42.5 Å². The van der Waals surface area contributed by atoms with Gasteiger partial charge in [-0.1, -0.05) is 12.1 Å². The highest BCUT2D eigenvalue weighted by atomic mass is 32.2. The van der Waals surface area contributed by atoms with Gasteiger partial charge in [0.2, 0.25) is 0 Å². The third-order valence-electron chi connectivity index (χ3n) is 8.32. The number of amides is 1. The molecule has 0 spiro atoms. The van der Waals surface area contributed by atoms with Crippen LogP contribution in [0.2, 0.25) is 0 Å². The highest BCUT2D eigenvalue weighted by Gasteiger charge is 2.31. The van der Waals surface area contributed by atoms with Crippen LogP contribution in [0, 0.1) is 17.2 Å². The second-order valence-corrected chi connectivity index (χ2v) is 12.9. The quantitative estimate of drug-likeness (QED) is 0.297. The first kappa shape index (κ1) is 27.0. The molecule has 9 heteroatoms. The Labute approximate surface area is 237 Å². The van der Waals surface area contributed by atoms with Gasteiger partial charge in [0.05, 0.1) is 30.0 Å². The van der Waals surface area contributed by atoms with Crippen LogP contribution < -0.4 is 10.1 Å². The molecule has 1 amide bonds. The number of fused-ring (bicyclic) bond motifs is 1. The van der Waals surface area contributed by atoms with Gasteiger partial charge in [0.25, 0.3) is 0 Å². The van der Waals surface area contributed by atoms with Crippen molar-refractivity contribution in [2.45, 2.75) is 62.8 Å². The average molecular weight is 562 g/mol. The fourth-order valence-corrected chi connectivity index (χ4v) is 6.81. The molecule has 8 nitrogen and oxygen atoms in total. The van der Waals surface area contributed by atoms with Gasteiger partial charge in [-0.05, 0) is 86.0 Å². The van der Waals surface area contributed by atoms with Gasteiger partial charge in [-0.3, -0.25) is 5.32 Å². The Hall–Kier alpha value is -3.19. The SMILES string of the molecule is CC(OC(=O)Nc1ccc(-c2c(C#N)c3ccc(OCC[S+]([O-])C4CCOC4)cc3n2C2CCC2)cc1)C1CC1. The van der Waals surface area contributed by atoms with Crippen LogP contribution >= 0.6 is 0 Å². The number of ether oxygens (including phenoxy) is 3. The zero-order valence-corrected chi connectivity index (χ0v) is 23.6. The molecule has 1 N–H and O–H groups in total. The highest BCUT2D eigenvalue weighted by Crippen LogP contribution is 2.43. The fourth-order valence-electron chi connectivity index (χ4n) is 5.62. The molecule has 2 heterocycles. The summed E-state index contributed by atoms with van der Waals surface area (Å²) in [5.41, 5.74) is 4.06. The number of carbonyl (C=O) groups is 1. The van der Waals surface area contributed by atoms with Crippen LogP contribution in [-0.2, 0) is 20.6 Å². The molecule has 3 aliphatic rings. The molecule has 2 saturated carbocycles. The Balaban J connectivity index is 1.23. The van der Waals surface area contributed by atoms with E-state index in [2.05, 4.69) is 16.0 Å². The Bertz CT molecular complexity index is 1400. The second-order valence-electron chi connectivity index (χ2n) is 11.0. The molecule has 0 bridgehead atoms. The molecular formula is C31H35N3O5S. The van der Waals surface area contributed by atoms with E-state index in [4.69, 9.17) is 14.2 Å². The summed E-state index contributed by atoms with van der Waals surface area (Å²) in [6, 6.07) is 16.2. The monoisotopic (exact) mass is 561 g/mol. The average Bonchev–Trinajstić information content (AvgIpc) is 3.54. The number of nitriles is 1. The van der Waals surface area contributed by atoms with Crippen molar-refractivity contribution < 1.29 is 23.6 Å². The molecule has 40 heavy (non-hydrogen) atoms. The Morgan fingerprint density at radius 2 is 2.00 bits per heavy atom. The summed E-state index contributed by atoms with van der Waals surface area (Å²) in [5.74, 6) is 1.66. The summed E-state index contributed by atoms with van der Waals surface area (Å²) in [5, 5.41) is 14.0. The van der Waals surface area contributed by atoms with Crippen LogP contribution in [0.5, 0.6) is 5.75 Å². The highest BCUT2D eigenvalue weighted by molar-refractivity contribution is 7.92. The zero-order chi connectivity index (χ0) is 27.6. The number of carbonyl (C=O) groups excluding carboxylic acids is 1. The number of hydrogen-bond donors (Lipinski definition) is 1. The Kier molecular flexibility index (Phi) is 7.92. The van der Waals surface area contributed by atoms with Gasteiger partial charge in [-0.15, -0.1) is 0 Å². The van der Waals surface area contributed by atoms with Crippen LogP contribution in [-0.4, -0.2) is 52.1 Å². The van der Waals surface area contributed by atoms with Crippen molar-refractivity contribution in [2.24, 2.45) is 5.92 Å². The van der Waals surface area contributed by atoms with Crippen molar-refractivity contribution in [3.05, 3.63) is 48.0 Å². The van der Waals surface area contributed by atoms with E-state index in [1.54, 1.807) is 0 Å². The zero-order valence-electron chi connectivity index (χ0n) is 22.8. The molecule has 3 aromatic rings. The fraction of sp³-hybridized carbons (Fsp3) is 0.484. The van der Waals surface area contributed by atoms with E-state index in [1.807, 2.05) is 49.4 Å². The number of nitrogens with zero attached hydrogens (tertiary/aromatic N) is 2. The van der Waals surface area contributed by atoms with E-state index in [0.29, 0.717) is 54.5 Å². The summed E-state index contributed by atoms with van der Waals surface area (Å²) in [6.07, 6.45) is 5.82. The van der Waals surface area contributed by atoms with Crippen molar-refractivity contribution in [3.63, 3.8) is 0 Å². The predicted octanol–water partition coefficient (Wildman–Crippen LogP) is 6.17. The molecule has 0 radical (unpaired) electrons. The van der Waals surface area contributed by atoms with Gasteiger partial charge in [0, 0.05) is 29.6 Å². The number of hydrogen-bond acceptors (Lipinski definition) is 6. The first-order valence-corrected chi connectivity index (χ1v) is 15.6. The van der Waals surface area contributed by atoms with Gasteiger partial charge in [0.15, 0.2) is 0 Å². The minimum Gasteiger partial charge on any atom is -0.616 e. The molecule has 3 unspecified atom stereocenters. The van der Waals surface area contributed by atoms with E-state index >= 15 is 0 Å². The van der Waals surface area contributed by atoms with Gasteiger partial charge in [-0.25, -0.2) is 4.79 Å². The summed E-state index contributed by atoms with van der Waals surface area (Å²) < 4.78 is 31.7. The van der Waals surface area contributed by atoms with Crippen molar-refractivity contribution >= 4 is 33.9 Å². The van der Waals surface area contributed by atoms with Crippen molar-refractivity contribution in [2.75, 3.05) is 30.9 Å².